The Kier molecular flexibility index (Phi) is 7.63. The molecular formula is C15H21N3O4. The number of unbranched alkanes of at least 4 members (excludes halogenated alkanes) is 1. The second kappa shape index (κ2) is 9.51. The van der Waals surface area contributed by atoms with Crippen LogP contribution in [-0.4, -0.2) is 36.5 Å². The van der Waals surface area contributed by atoms with Gasteiger partial charge in [-0.2, -0.15) is 0 Å². The fourth-order valence-electron chi connectivity index (χ4n) is 1.75. The van der Waals surface area contributed by atoms with Crippen LogP contribution in [0.5, 0.6) is 0 Å². The first-order valence-electron chi connectivity index (χ1n) is 6.97. The molecule has 0 unspecified atom stereocenters. The van der Waals surface area contributed by atoms with Gasteiger partial charge < -0.3 is 20.9 Å². The molecule has 0 aromatic heterocycles. The van der Waals surface area contributed by atoms with E-state index in [1.807, 2.05) is 12.1 Å². The number of nitrogens with zero attached hydrogens (tertiary/aromatic N) is 1. The van der Waals surface area contributed by atoms with Crippen molar-refractivity contribution >= 4 is 24.5 Å². The zero-order chi connectivity index (χ0) is 16.4. The van der Waals surface area contributed by atoms with Crippen LogP contribution in [0, 0.1) is 0 Å². The van der Waals surface area contributed by atoms with Gasteiger partial charge in [-0.25, -0.2) is 4.79 Å². The van der Waals surface area contributed by atoms with Gasteiger partial charge in [0.2, 0.25) is 0 Å². The number of aliphatic carboxylic acids is 1. The Morgan fingerprint density at radius 1 is 1.41 bits per heavy atom. The molecular weight excluding hydrogens is 286 g/mol. The molecule has 0 saturated carbocycles. The van der Waals surface area contributed by atoms with Gasteiger partial charge in [0.05, 0.1) is 5.69 Å². The van der Waals surface area contributed by atoms with Crippen molar-refractivity contribution < 1.29 is 19.4 Å². The summed E-state index contributed by atoms with van der Waals surface area (Å²) < 4.78 is 5.06. The largest absolute Gasteiger partial charge is 0.480 e. The van der Waals surface area contributed by atoms with Gasteiger partial charge in [0.25, 0.3) is 0 Å². The number of carboxylic acids is 1. The minimum atomic E-state index is -1.01. The number of benzene rings is 1. The number of carbonyl (C=O) groups excluding carboxylic acids is 1. The maximum Gasteiger partial charge on any atom is 0.407 e. The number of ether oxygens (including phenoxy) is 1. The lowest BCUT2D eigenvalue weighted by Gasteiger charge is -2.08. The first kappa shape index (κ1) is 17.6. The Balaban J connectivity index is 2.16. The zero-order valence-corrected chi connectivity index (χ0v) is 12.3. The lowest BCUT2D eigenvalue weighted by atomic mass is 10.1. The van der Waals surface area contributed by atoms with Gasteiger partial charge in [-0.1, -0.05) is 12.1 Å². The van der Waals surface area contributed by atoms with E-state index in [9.17, 15) is 9.59 Å². The highest BCUT2D eigenvalue weighted by atomic mass is 16.5. The van der Waals surface area contributed by atoms with Crippen LogP contribution >= 0.6 is 0 Å². The fraction of sp³-hybridized carbons (Fsp3) is 0.400. The topological polar surface area (TPSA) is 114 Å². The van der Waals surface area contributed by atoms with Crippen molar-refractivity contribution in [2.75, 3.05) is 6.54 Å². The van der Waals surface area contributed by atoms with E-state index in [4.69, 9.17) is 15.6 Å². The molecule has 0 aliphatic heterocycles. The molecule has 1 aromatic rings. The van der Waals surface area contributed by atoms with Gasteiger partial charge in [0.15, 0.2) is 0 Å². The molecule has 4 N–H and O–H groups in total. The maximum atomic E-state index is 11.5. The molecule has 0 heterocycles. The number of amides is 1. The molecule has 0 saturated heterocycles. The summed E-state index contributed by atoms with van der Waals surface area (Å²) in [6.07, 6.45) is 1.14. The number of rotatable bonds is 9. The molecule has 0 aliphatic carbocycles. The molecule has 22 heavy (non-hydrogen) atoms. The van der Waals surface area contributed by atoms with E-state index in [1.54, 1.807) is 12.1 Å². The van der Waals surface area contributed by atoms with Crippen molar-refractivity contribution in [1.82, 2.24) is 5.32 Å². The van der Waals surface area contributed by atoms with Crippen LogP contribution in [0.1, 0.15) is 24.8 Å². The molecule has 1 atom stereocenters. The zero-order valence-electron chi connectivity index (χ0n) is 12.3. The third kappa shape index (κ3) is 6.85. The van der Waals surface area contributed by atoms with Crippen molar-refractivity contribution in [3.05, 3.63) is 29.8 Å². The molecule has 0 radical (unpaired) electrons. The van der Waals surface area contributed by atoms with Crippen molar-refractivity contribution in [2.24, 2.45) is 10.7 Å². The van der Waals surface area contributed by atoms with Crippen LogP contribution in [-0.2, 0) is 16.1 Å². The Bertz CT molecular complexity index is 519. The normalized spacial score (nSPS) is 11.5. The maximum absolute atomic E-state index is 11.5. The number of hydrogen-bond donors (Lipinski definition) is 3. The predicted molar refractivity (Wildman–Crippen MR) is 83.3 cm³/mol. The highest BCUT2D eigenvalue weighted by Gasteiger charge is 2.10. The molecule has 0 fully saturated rings. The van der Waals surface area contributed by atoms with Crippen LogP contribution in [0.2, 0.25) is 0 Å². The number of nitrogens with two attached hydrogens (primary N) is 1. The highest BCUT2D eigenvalue weighted by Crippen LogP contribution is 2.13. The fourth-order valence-corrected chi connectivity index (χ4v) is 1.75. The first-order valence-corrected chi connectivity index (χ1v) is 6.97. The predicted octanol–water partition coefficient (Wildman–Crippen LogP) is 1.83. The Labute approximate surface area is 129 Å². The van der Waals surface area contributed by atoms with E-state index in [2.05, 4.69) is 17.0 Å². The third-order valence-electron chi connectivity index (χ3n) is 2.99. The first-order chi connectivity index (χ1) is 10.5. The van der Waals surface area contributed by atoms with Crippen LogP contribution in [0.4, 0.5) is 10.5 Å². The highest BCUT2D eigenvalue weighted by molar-refractivity contribution is 5.72. The summed E-state index contributed by atoms with van der Waals surface area (Å²) >= 11 is 0. The van der Waals surface area contributed by atoms with E-state index >= 15 is 0 Å². The van der Waals surface area contributed by atoms with Crippen LogP contribution < -0.4 is 11.1 Å². The van der Waals surface area contributed by atoms with Gasteiger partial charge in [-0.3, -0.25) is 9.79 Å². The summed E-state index contributed by atoms with van der Waals surface area (Å²) in [4.78, 5) is 25.8. The van der Waals surface area contributed by atoms with Crippen molar-refractivity contribution in [3.8, 4) is 0 Å². The van der Waals surface area contributed by atoms with Crippen LogP contribution in [0.15, 0.2) is 29.3 Å². The molecule has 1 rings (SSSR count). The standard InChI is InChI=1S/C15H21N3O4/c1-17-12-6-4-5-11(9-12)10-22-15(21)18-8-3-2-7-13(16)14(19)20/h4-6,9,13H,1-3,7-8,10,16H2,(H,18,21)(H,19,20)/t13-/m0/s1. The van der Waals surface area contributed by atoms with E-state index in [0.29, 0.717) is 25.8 Å². The van der Waals surface area contributed by atoms with Crippen LogP contribution in [0.3, 0.4) is 0 Å². The van der Waals surface area contributed by atoms with Crippen LogP contribution in [0.25, 0.3) is 0 Å². The molecule has 120 valence electrons. The molecule has 1 aromatic carbocycles. The lowest BCUT2D eigenvalue weighted by Crippen LogP contribution is -2.30. The molecule has 1 amide bonds. The number of carboxylic acid groups (broad SMARTS) is 1. The van der Waals surface area contributed by atoms with E-state index in [-0.39, 0.29) is 6.61 Å². The van der Waals surface area contributed by atoms with E-state index in [0.717, 1.165) is 11.3 Å². The monoisotopic (exact) mass is 307 g/mol. The molecule has 0 bridgehead atoms. The van der Waals surface area contributed by atoms with E-state index < -0.39 is 18.1 Å². The molecule has 0 aliphatic rings. The van der Waals surface area contributed by atoms with Gasteiger partial charge >= 0.3 is 12.1 Å². The Hall–Kier alpha value is -2.41. The van der Waals surface area contributed by atoms with Gasteiger partial charge in [-0.05, 0) is 43.7 Å². The van der Waals surface area contributed by atoms with Crippen molar-refractivity contribution in [3.63, 3.8) is 0 Å². The molecule has 7 heteroatoms. The minimum absolute atomic E-state index is 0.152. The SMILES string of the molecule is C=Nc1cccc(COC(=O)NCCCC[C@H](N)C(=O)O)c1. The summed E-state index contributed by atoms with van der Waals surface area (Å²) in [6.45, 7) is 4.00. The van der Waals surface area contributed by atoms with Crippen molar-refractivity contribution in [2.45, 2.75) is 31.9 Å². The number of alkyl carbamates (subject to hydrolysis) is 1. The second-order valence-electron chi connectivity index (χ2n) is 4.77. The van der Waals surface area contributed by atoms with Crippen molar-refractivity contribution in [1.29, 1.82) is 0 Å². The third-order valence-corrected chi connectivity index (χ3v) is 2.99. The Morgan fingerprint density at radius 3 is 2.86 bits per heavy atom. The average molecular weight is 307 g/mol. The summed E-state index contributed by atoms with van der Waals surface area (Å²) in [5.41, 5.74) is 6.92. The second-order valence-corrected chi connectivity index (χ2v) is 4.77. The summed E-state index contributed by atoms with van der Waals surface area (Å²) in [5, 5.41) is 11.2. The quantitative estimate of drug-likeness (QED) is 0.475. The number of hydrogen-bond acceptors (Lipinski definition) is 5. The van der Waals surface area contributed by atoms with Gasteiger partial charge in [0, 0.05) is 6.54 Å². The minimum Gasteiger partial charge on any atom is -0.480 e. The van der Waals surface area contributed by atoms with E-state index in [1.165, 1.54) is 0 Å². The number of carbonyl (C=O) groups is 2. The lowest BCUT2D eigenvalue weighted by molar-refractivity contribution is -0.138. The summed E-state index contributed by atoms with van der Waals surface area (Å²) in [6, 6.07) is 6.38. The number of aliphatic imine (C=N–C) groups is 1. The summed E-state index contributed by atoms with van der Waals surface area (Å²) in [7, 11) is 0. The van der Waals surface area contributed by atoms with Gasteiger partial charge in [-0.15, -0.1) is 0 Å². The Morgan fingerprint density at radius 2 is 2.18 bits per heavy atom. The summed E-state index contributed by atoms with van der Waals surface area (Å²) in [5.74, 6) is -1.01. The number of nitrogens with one attached hydrogen (secondary N) is 1. The average Bonchev–Trinajstić information content (AvgIpc) is 2.52. The smallest absolute Gasteiger partial charge is 0.407 e. The van der Waals surface area contributed by atoms with Gasteiger partial charge in [0.1, 0.15) is 12.6 Å². The molecule has 0 spiro atoms. The molecule has 7 nitrogen and oxygen atoms in total.